The molecule has 0 spiro atoms. The fourth-order valence-corrected chi connectivity index (χ4v) is 3.15. The molecule has 3 heterocycles. The Kier molecular flexibility index (Phi) is 4.06. The molecule has 1 aromatic carbocycles. The number of amides is 1. The zero-order valence-corrected chi connectivity index (χ0v) is 14.1. The minimum Gasteiger partial charge on any atom is -0.502 e. The van der Waals surface area contributed by atoms with E-state index in [-0.39, 0.29) is 37.8 Å². The lowest BCUT2D eigenvalue weighted by Gasteiger charge is -2.39. The van der Waals surface area contributed by atoms with E-state index in [1.807, 2.05) is 0 Å². The summed E-state index contributed by atoms with van der Waals surface area (Å²) in [6.07, 6.45) is 4.60. The van der Waals surface area contributed by atoms with Crippen LogP contribution in [0.15, 0.2) is 41.3 Å². The first-order chi connectivity index (χ1) is 13.0. The Balaban J connectivity index is 1.88. The van der Waals surface area contributed by atoms with Crippen molar-refractivity contribution in [2.24, 2.45) is 0 Å². The molecule has 1 N–H and O–H groups in total. The van der Waals surface area contributed by atoms with Crippen molar-refractivity contribution in [2.75, 3.05) is 24.8 Å². The number of benzene rings is 1. The first kappa shape index (κ1) is 17.1. The monoisotopic (exact) mass is 375 g/mol. The molecule has 0 saturated carbocycles. The van der Waals surface area contributed by atoms with Gasteiger partial charge >= 0.3 is 0 Å². The summed E-state index contributed by atoms with van der Waals surface area (Å²) in [4.78, 5) is 25.9. The Hall–Kier alpha value is -3.36. The van der Waals surface area contributed by atoms with Gasteiger partial charge in [-0.1, -0.05) is 12.1 Å². The van der Waals surface area contributed by atoms with Gasteiger partial charge in [0, 0.05) is 24.4 Å². The van der Waals surface area contributed by atoms with Crippen molar-refractivity contribution in [3.05, 3.63) is 69.7 Å². The van der Waals surface area contributed by atoms with Crippen molar-refractivity contribution in [1.82, 2.24) is 9.58 Å². The number of fused-ring (bicyclic) bond motifs is 5. The van der Waals surface area contributed by atoms with Crippen LogP contribution < -0.4 is 15.2 Å². The molecule has 2 aliphatic heterocycles. The van der Waals surface area contributed by atoms with Crippen molar-refractivity contribution in [1.29, 1.82) is 0 Å². The fourth-order valence-electron chi connectivity index (χ4n) is 3.15. The minimum absolute atomic E-state index is 0.00541. The van der Waals surface area contributed by atoms with E-state index in [1.165, 1.54) is 21.8 Å². The van der Waals surface area contributed by atoms with E-state index in [2.05, 4.69) is 0 Å². The van der Waals surface area contributed by atoms with Gasteiger partial charge in [0.1, 0.15) is 13.3 Å². The third kappa shape index (κ3) is 2.80. The molecule has 27 heavy (non-hydrogen) atoms. The van der Waals surface area contributed by atoms with Crippen molar-refractivity contribution in [2.45, 2.75) is 6.54 Å². The lowest BCUT2D eigenvalue weighted by Crippen LogP contribution is -2.53. The second-order valence-corrected chi connectivity index (χ2v) is 6.19. The van der Waals surface area contributed by atoms with E-state index in [1.54, 1.807) is 17.2 Å². The third-order valence-electron chi connectivity index (χ3n) is 4.48. The van der Waals surface area contributed by atoms with Crippen molar-refractivity contribution >= 4 is 5.91 Å². The molecule has 1 aromatic heterocycles. The van der Waals surface area contributed by atoms with Crippen LogP contribution in [0.25, 0.3) is 0 Å². The van der Waals surface area contributed by atoms with Gasteiger partial charge < -0.3 is 14.7 Å². The molecule has 0 aliphatic carbocycles. The summed E-state index contributed by atoms with van der Waals surface area (Å²) < 4.78 is 34.6. The zero-order chi connectivity index (χ0) is 19.1. The van der Waals surface area contributed by atoms with Gasteiger partial charge in [-0.3, -0.25) is 19.3 Å². The van der Waals surface area contributed by atoms with Gasteiger partial charge in [-0.25, -0.2) is 4.39 Å². The van der Waals surface area contributed by atoms with Crippen LogP contribution in [0.3, 0.4) is 0 Å². The predicted molar refractivity (Wildman–Crippen MR) is 91.2 cm³/mol. The third-order valence-corrected chi connectivity index (χ3v) is 4.48. The molecule has 9 heteroatoms. The van der Waals surface area contributed by atoms with Gasteiger partial charge in [-0.15, -0.1) is 0 Å². The summed E-state index contributed by atoms with van der Waals surface area (Å²) in [6.45, 7) is 0.391. The van der Waals surface area contributed by atoms with Crippen LogP contribution in [0.1, 0.15) is 16.1 Å². The van der Waals surface area contributed by atoms with Crippen LogP contribution in [-0.2, 0) is 6.54 Å². The first-order valence-electron chi connectivity index (χ1n) is 8.21. The number of halogens is 2. The number of rotatable bonds is 0. The van der Waals surface area contributed by atoms with Crippen molar-refractivity contribution < 1.29 is 23.4 Å². The molecule has 0 radical (unpaired) electrons. The van der Waals surface area contributed by atoms with E-state index >= 15 is 0 Å². The summed E-state index contributed by atoms with van der Waals surface area (Å²) in [5.41, 5.74) is -0.484. The molecular weight excluding hydrogens is 360 g/mol. The van der Waals surface area contributed by atoms with Gasteiger partial charge in [0.2, 0.25) is 11.2 Å². The number of aromatic nitrogens is 1. The lowest BCUT2D eigenvalue weighted by molar-refractivity contribution is 0.0706. The van der Waals surface area contributed by atoms with Crippen LogP contribution in [0.4, 0.5) is 8.78 Å². The lowest BCUT2D eigenvalue weighted by atomic mass is 10.1. The molecular formula is C18H15F2N3O4. The molecule has 1 amide bonds. The van der Waals surface area contributed by atoms with Crippen LogP contribution >= 0.6 is 0 Å². The van der Waals surface area contributed by atoms with Crippen molar-refractivity contribution in [3.8, 4) is 11.5 Å². The van der Waals surface area contributed by atoms with Gasteiger partial charge in [0.25, 0.3) is 5.91 Å². The average molecular weight is 375 g/mol. The molecule has 140 valence electrons. The van der Waals surface area contributed by atoms with Crippen LogP contribution in [0.2, 0.25) is 0 Å². The SMILES string of the molecule is O=C1c2c(O)c(=O)ccn2N2Cc3ccc(F)c(F)c3OC/C=C\CN1C2. The van der Waals surface area contributed by atoms with E-state index in [9.17, 15) is 23.5 Å². The molecule has 2 aromatic rings. The average Bonchev–Trinajstić information content (AvgIpc) is 2.68. The Morgan fingerprint density at radius 2 is 1.93 bits per heavy atom. The van der Waals surface area contributed by atoms with Gasteiger partial charge in [-0.05, 0) is 12.1 Å². The second kappa shape index (κ2) is 6.42. The predicted octanol–water partition coefficient (Wildman–Crippen LogP) is 1.33. The number of nitrogens with zero attached hydrogens (tertiary/aromatic N) is 3. The number of hydrogen-bond acceptors (Lipinski definition) is 5. The number of aromatic hydroxyl groups is 1. The molecule has 2 bridgehead atoms. The molecule has 0 atom stereocenters. The topological polar surface area (TPSA) is 75.0 Å². The molecule has 2 aliphatic rings. The molecule has 0 unspecified atom stereocenters. The maximum atomic E-state index is 14.2. The van der Waals surface area contributed by atoms with Crippen LogP contribution in [-0.4, -0.2) is 40.4 Å². The molecule has 4 rings (SSSR count). The molecule has 0 saturated heterocycles. The summed E-state index contributed by atoms with van der Waals surface area (Å²) >= 11 is 0. The highest BCUT2D eigenvalue weighted by molar-refractivity contribution is 5.96. The number of hydrogen-bond donors (Lipinski definition) is 1. The zero-order valence-electron chi connectivity index (χ0n) is 14.1. The summed E-state index contributed by atoms with van der Waals surface area (Å²) in [7, 11) is 0. The van der Waals surface area contributed by atoms with Gasteiger partial charge in [0.15, 0.2) is 23.0 Å². The van der Waals surface area contributed by atoms with Crippen LogP contribution in [0, 0.1) is 11.6 Å². The summed E-state index contributed by atoms with van der Waals surface area (Å²) in [6, 6.07) is 3.54. The second-order valence-electron chi connectivity index (χ2n) is 6.19. The summed E-state index contributed by atoms with van der Waals surface area (Å²) in [5.74, 6) is -3.48. The number of ether oxygens (including phenoxy) is 1. The number of pyridine rings is 1. The maximum absolute atomic E-state index is 14.2. The Labute approximate surface area is 152 Å². The highest BCUT2D eigenvalue weighted by Crippen LogP contribution is 2.28. The largest absolute Gasteiger partial charge is 0.502 e. The Morgan fingerprint density at radius 1 is 1.11 bits per heavy atom. The van der Waals surface area contributed by atoms with E-state index in [0.717, 1.165) is 12.1 Å². The Morgan fingerprint density at radius 3 is 2.74 bits per heavy atom. The quantitative estimate of drug-likeness (QED) is 0.704. The molecule has 0 fully saturated rings. The fraction of sp³-hybridized carbons (Fsp3) is 0.222. The van der Waals surface area contributed by atoms with Crippen LogP contribution in [0.5, 0.6) is 11.5 Å². The van der Waals surface area contributed by atoms with E-state index in [0.29, 0.717) is 5.56 Å². The Bertz CT molecular complexity index is 1020. The van der Waals surface area contributed by atoms with Gasteiger partial charge in [0.05, 0.1) is 6.54 Å². The standard InChI is InChI=1S/C18H15F2N3O4/c19-12-4-3-11-9-22-10-21(6-1-2-8-27-17(11)14(12)20)18(26)15-16(25)13(24)5-7-23(15)22/h1-5,7,25H,6,8-10H2/b2-1-. The maximum Gasteiger partial charge on any atom is 0.278 e. The van der Waals surface area contributed by atoms with Gasteiger partial charge in [-0.2, -0.15) is 4.39 Å². The highest BCUT2D eigenvalue weighted by atomic mass is 19.2. The van der Waals surface area contributed by atoms with E-state index in [4.69, 9.17) is 4.74 Å². The van der Waals surface area contributed by atoms with Crippen molar-refractivity contribution in [3.63, 3.8) is 0 Å². The van der Waals surface area contributed by atoms with E-state index < -0.39 is 28.7 Å². The molecule has 7 nitrogen and oxygen atoms in total. The minimum atomic E-state index is -1.09. The normalized spacial score (nSPS) is 17.5. The summed E-state index contributed by atoms with van der Waals surface area (Å²) in [5, 5.41) is 11.7. The number of carbonyl (C=O) groups is 1. The smallest absolute Gasteiger partial charge is 0.278 e. The first-order valence-corrected chi connectivity index (χ1v) is 8.21. The number of carbonyl (C=O) groups excluding carboxylic acids is 1. The highest BCUT2D eigenvalue weighted by Gasteiger charge is 2.32.